The van der Waals surface area contributed by atoms with Crippen molar-refractivity contribution in [2.45, 2.75) is 31.6 Å². The molecule has 0 unspecified atom stereocenters. The number of hydrogen-bond acceptors (Lipinski definition) is 2. The Kier molecular flexibility index (Phi) is 3.67. The summed E-state index contributed by atoms with van der Waals surface area (Å²) in [5.74, 6) is -0.248. The van der Waals surface area contributed by atoms with E-state index in [1.54, 1.807) is 12.1 Å². The first kappa shape index (κ1) is 12.1. The molecule has 0 spiro atoms. The maximum Gasteiger partial charge on any atom is 0.492 e. The van der Waals surface area contributed by atoms with Crippen LogP contribution < -0.4 is 5.46 Å². The third kappa shape index (κ3) is 2.17. The van der Waals surface area contributed by atoms with E-state index >= 15 is 0 Å². The van der Waals surface area contributed by atoms with Crippen LogP contribution in [-0.2, 0) is 0 Å². The SMILES string of the molecule is OB(O)c1c(Br)ccc(C2CCCC2)c1F. The molecule has 2 rings (SSSR count). The second-order valence-electron chi connectivity index (χ2n) is 4.22. The number of hydrogen-bond donors (Lipinski definition) is 2. The molecule has 0 radical (unpaired) electrons. The van der Waals surface area contributed by atoms with Crippen LogP contribution >= 0.6 is 15.9 Å². The monoisotopic (exact) mass is 286 g/mol. The zero-order valence-electron chi connectivity index (χ0n) is 8.79. The maximum atomic E-state index is 14.1. The van der Waals surface area contributed by atoms with Crippen molar-refractivity contribution in [3.63, 3.8) is 0 Å². The topological polar surface area (TPSA) is 40.5 Å². The van der Waals surface area contributed by atoms with Crippen LogP contribution in [0.2, 0.25) is 0 Å². The smallest absolute Gasteiger partial charge is 0.423 e. The molecule has 0 bridgehead atoms. The van der Waals surface area contributed by atoms with Crippen LogP contribution in [-0.4, -0.2) is 17.2 Å². The Labute approximate surface area is 103 Å². The van der Waals surface area contributed by atoms with E-state index in [0.29, 0.717) is 10.0 Å². The van der Waals surface area contributed by atoms with Gasteiger partial charge in [-0.05, 0) is 30.4 Å². The number of benzene rings is 1. The van der Waals surface area contributed by atoms with Crippen molar-refractivity contribution in [2.24, 2.45) is 0 Å². The first-order valence-corrected chi connectivity index (χ1v) is 6.24. The first-order chi connectivity index (χ1) is 7.61. The fraction of sp³-hybridized carbons (Fsp3) is 0.455. The summed E-state index contributed by atoms with van der Waals surface area (Å²) in [4.78, 5) is 0. The molecule has 1 aromatic rings. The Balaban J connectivity index is 2.43. The van der Waals surface area contributed by atoms with Gasteiger partial charge in [0.1, 0.15) is 5.82 Å². The van der Waals surface area contributed by atoms with E-state index in [0.717, 1.165) is 25.7 Å². The van der Waals surface area contributed by atoms with E-state index in [1.165, 1.54) is 0 Å². The normalized spacial score (nSPS) is 16.8. The highest BCUT2D eigenvalue weighted by molar-refractivity contribution is 9.10. The highest BCUT2D eigenvalue weighted by atomic mass is 79.9. The van der Waals surface area contributed by atoms with Crippen LogP contribution in [0, 0.1) is 5.82 Å². The quantitative estimate of drug-likeness (QED) is 0.816. The lowest BCUT2D eigenvalue weighted by molar-refractivity contribution is 0.422. The molecule has 1 aromatic carbocycles. The Bertz CT molecular complexity index is 392. The molecule has 1 fully saturated rings. The van der Waals surface area contributed by atoms with Crippen molar-refractivity contribution in [1.29, 1.82) is 0 Å². The minimum Gasteiger partial charge on any atom is -0.423 e. The van der Waals surface area contributed by atoms with Gasteiger partial charge in [-0.2, -0.15) is 0 Å². The van der Waals surface area contributed by atoms with Crippen molar-refractivity contribution >= 4 is 28.5 Å². The summed E-state index contributed by atoms with van der Waals surface area (Å²) in [5, 5.41) is 18.3. The first-order valence-electron chi connectivity index (χ1n) is 5.45. The van der Waals surface area contributed by atoms with Crippen molar-refractivity contribution in [3.8, 4) is 0 Å². The lowest BCUT2D eigenvalue weighted by atomic mass is 9.77. The van der Waals surface area contributed by atoms with E-state index in [9.17, 15) is 4.39 Å². The molecule has 0 aromatic heterocycles. The summed E-state index contributed by atoms with van der Waals surface area (Å²) in [6.07, 6.45) is 4.22. The third-order valence-electron chi connectivity index (χ3n) is 3.21. The Morgan fingerprint density at radius 3 is 2.44 bits per heavy atom. The Morgan fingerprint density at radius 1 is 1.25 bits per heavy atom. The summed E-state index contributed by atoms with van der Waals surface area (Å²) >= 11 is 3.13. The fourth-order valence-corrected chi connectivity index (χ4v) is 2.89. The molecule has 1 aliphatic rings. The van der Waals surface area contributed by atoms with Crippen LogP contribution in [0.25, 0.3) is 0 Å². The van der Waals surface area contributed by atoms with Gasteiger partial charge in [0.05, 0.1) is 0 Å². The van der Waals surface area contributed by atoms with Crippen LogP contribution in [0.1, 0.15) is 37.2 Å². The van der Waals surface area contributed by atoms with E-state index < -0.39 is 12.9 Å². The Hall–Kier alpha value is -0.385. The molecule has 16 heavy (non-hydrogen) atoms. The minimum absolute atomic E-state index is 0.0515. The second kappa shape index (κ2) is 4.86. The lowest BCUT2D eigenvalue weighted by Crippen LogP contribution is -2.35. The maximum absolute atomic E-state index is 14.1. The van der Waals surface area contributed by atoms with Crippen molar-refractivity contribution in [2.75, 3.05) is 0 Å². The van der Waals surface area contributed by atoms with E-state index in [4.69, 9.17) is 10.0 Å². The summed E-state index contributed by atoms with van der Waals surface area (Å²) < 4.78 is 14.5. The molecule has 5 heteroatoms. The molecule has 0 heterocycles. The van der Waals surface area contributed by atoms with Gasteiger partial charge < -0.3 is 10.0 Å². The van der Waals surface area contributed by atoms with Gasteiger partial charge in [-0.25, -0.2) is 4.39 Å². The van der Waals surface area contributed by atoms with Gasteiger partial charge in [0.15, 0.2) is 0 Å². The lowest BCUT2D eigenvalue weighted by Gasteiger charge is -2.14. The van der Waals surface area contributed by atoms with Gasteiger partial charge in [0, 0.05) is 9.94 Å². The van der Waals surface area contributed by atoms with E-state index in [-0.39, 0.29) is 11.4 Å². The molecule has 1 aliphatic carbocycles. The second-order valence-corrected chi connectivity index (χ2v) is 5.07. The Morgan fingerprint density at radius 2 is 1.88 bits per heavy atom. The zero-order valence-corrected chi connectivity index (χ0v) is 10.4. The van der Waals surface area contributed by atoms with Crippen LogP contribution in [0.4, 0.5) is 4.39 Å². The van der Waals surface area contributed by atoms with Gasteiger partial charge in [-0.1, -0.05) is 34.8 Å². The van der Waals surface area contributed by atoms with Gasteiger partial charge in [-0.15, -0.1) is 0 Å². The predicted molar refractivity (Wildman–Crippen MR) is 65.1 cm³/mol. The average molecular weight is 287 g/mol. The summed E-state index contributed by atoms with van der Waals surface area (Å²) in [6, 6.07) is 3.42. The van der Waals surface area contributed by atoms with E-state index in [2.05, 4.69) is 15.9 Å². The molecular formula is C11H13BBrFO2. The van der Waals surface area contributed by atoms with Crippen molar-refractivity contribution in [1.82, 2.24) is 0 Å². The average Bonchev–Trinajstić information content (AvgIpc) is 2.70. The van der Waals surface area contributed by atoms with Gasteiger partial charge >= 0.3 is 7.12 Å². The molecule has 2 N–H and O–H groups in total. The van der Waals surface area contributed by atoms with Crippen LogP contribution in [0.5, 0.6) is 0 Å². The van der Waals surface area contributed by atoms with Gasteiger partial charge in [0.2, 0.25) is 0 Å². The molecule has 0 saturated heterocycles. The minimum atomic E-state index is -1.77. The molecular weight excluding hydrogens is 274 g/mol. The zero-order chi connectivity index (χ0) is 11.7. The van der Waals surface area contributed by atoms with Crippen LogP contribution in [0.15, 0.2) is 16.6 Å². The summed E-state index contributed by atoms with van der Waals surface area (Å²) in [5.41, 5.74) is 0.563. The molecule has 0 amide bonds. The van der Waals surface area contributed by atoms with Gasteiger partial charge in [0.25, 0.3) is 0 Å². The van der Waals surface area contributed by atoms with Crippen molar-refractivity contribution in [3.05, 3.63) is 28.0 Å². The van der Waals surface area contributed by atoms with Crippen molar-refractivity contribution < 1.29 is 14.4 Å². The summed E-state index contributed by atoms with van der Waals surface area (Å²) in [7, 11) is -1.77. The molecule has 86 valence electrons. The number of rotatable bonds is 2. The molecule has 0 atom stereocenters. The third-order valence-corrected chi connectivity index (χ3v) is 3.90. The van der Waals surface area contributed by atoms with Gasteiger partial charge in [-0.3, -0.25) is 0 Å². The highest BCUT2D eigenvalue weighted by Crippen LogP contribution is 2.35. The van der Waals surface area contributed by atoms with Crippen LogP contribution in [0.3, 0.4) is 0 Å². The molecule has 2 nitrogen and oxygen atoms in total. The predicted octanol–water partition coefficient (Wildman–Crippen LogP) is 1.93. The van der Waals surface area contributed by atoms with E-state index in [1.807, 2.05) is 0 Å². The summed E-state index contributed by atoms with van der Waals surface area (Å²) in [6.45, 7) is 0. The fourth-order valence-electron chi connectivity index (χ4n) is 2.38. The standard InChI is InChI=1S/C11H13BBrFO2/c13-9-6-5-8(7-3-1-2-4-7)11(14)10(9)12(15)16/h5-7,15-16H,1-4H2. The number of halogens is 2. The highest BCUT2D eigenvalue weighted by Gasteiger charge is 2.27. The molecule has 0 aliphatic heterocycles. The molecule has 1 saturated carbocycles. The largest absolute Gasteiger partial charge is 0.492 e.